The molecule has 0 unspecified atom stereocenters. The van der Waals surface area contributed by atoms with Crippen molar-refractivity contribution in [3.8, 4) is 0 Å². The van der Waals surface area contributed by atoms with Gasteiger partial charge in [0.05, 0.1) is 5.57 Å². The molecule has 4 N–H and O–H groups in total. The van der Waals surface area contributed by atoms with Gasteiger partial charge in [-0.3, -0.25) is 9.59 Å². The van der Waals surface area contributed by atoms with Crippen molar-refractivity contribution in [2.75, 3.05) is 10.6 Å². The summed E-state index contributed by atoms with van der Waals surface area (Å²) in [6.45, 7) is 0. The van der Waals surface area contributed by atoms with Crippen LogP contribution < -0.4 is 16.4 Å². The van der Waals surface area contributed by atoms with Crippen molar-refractivity contribution in [2.45, 2.75) is 0 Å². The molecule has 0 saturated heterocycles. The number of primary amides is 1. The number of benzene rings is 1. The monoisotopic (exact) mass is 280 g/mol. The smallest absolute Gasteiger partial charge is 0.259 e. The highest BCUT2D eigenvalue weighted by Crippen LogP contribution is 2.29. The zero-order valence-electron chi connectivity index (χ0n) is 11.0. The molecule has 1 aromatic carbocycles. The fraction of sp³-hybridized carbons (Fsp3) is 0. The first-order chi connectivity index (χ1) is 10.1. The largest absolute Gasteiger partial charge is 0.366 e. The number of anilines is 2. The van der Waals surface area contributed by atoms with Crippen LogP contribution in [0.5, 0.6) is 0 Å². The molecule has 1 aliphatic heterocycles. The third-order valence-electron chi connectivity index (χ3n) is 3.10. The summed E-state index contributed by atoms with van der Waals surface area (Å²) in [5.74, 6) is -0.178. The minimum absolute atomic E-state index is 0.220. The second-order valence-corrected chi connectivity index (χ2v) is 4.50. The number of nitrogens with two attached hydrogens (primary N) is 1. The van der Waals surface area contributed by atoms with E-state index in [9.17, 15) is 9.59 Å². The number of aromatic nitrogens is 1. The molecular formula is C15H12N4O2. The summed E-state index contributed by atoms with van der Waals surface area (Å²) >= 11 is 0. The third kappa shape index (κ3) is 2.46. The average Bonchev–Trinajstić information content (AvgIpc) is 2.81. The number of fused-ring (bicyclic) bond motifs is 1. The molecule has 2 amide bonds. The van der Waals surface area contributed by atoms with E-state index in [0.717, 1.165) is 5.56 Å². The summed E-state index contributed by atoms with van der Waals surface area (Å²) in [5.41, 5.74) is 7.53. The van der Waals surface area contributed by atoms with Crippen LogP contribution in [-0.2, 0) is 4.79 Å². The first kappa shape index (κ1) is 12.9. The Bertz CT molecular complexity index is 768. The summed E-state index contributed by atoms with van der Waals surface area (Å²) in [7, 11) is 0. The second kappa shape index (κ2) is 5.09. The van der Waals surface area contributed by atoms with E-state index in [-0.39, 0.29) is 5.91 Å². The van der Waals surface area contributed by atoms with Gasteiger partial charge in [-0.05, 0) is 30.3 Å². The van der Waals surface area contributed by atoms with Gasteiger partial charge in [-0.25, -0.2) is 4.98 Å². The number of pyridine rings is 1. The number of carbonyl (C=O) groups excluding carboxylic acids is 2. The standard InChI is InChI=1S/C15H12N4O2/c16-13(20)9-3-1-4-10(7-9)18-8-12-11-5-2-6-17-14(11)19-15(12)21/h1-8,18H,(H2,16,20)(H,17,19,21). The Hall–Kier alpha value is -3.15. The molecule has 1 aliphatic rings. The van der Waals surface area contributed by atoms with Crippen LogP contribution in [0.3, 0.4) is 0 Å². The van der Waals surface area contributed by atoms with E-state index in [1.54, 1.807) is 42.7 Å². The maximum atomic E-state index is 11.9. The van der Waals surface area contributed by atoms with Crippen molar-refractivity contribution >= 4 is 28.9 Å². The fourth-order valence-electron chi connectivity index (χ4n) is 2.08. The van der Waals surface area contributed by atoms with Gasteiger partial charge < -0.3 is 16.4 Å². The molecule has 0 fully saturated rings. The van der Waals surface area contributed by atoms with Crippen molar-refractivity contribution in [1.82, 2.24) is 4.98 Å². The molecule has 6 nitrogen and oxygen atoms in total. The first-order valence-electron chi connectivity index (χ1n) is 6.28. The summed E-state index contributed by atoms with van der Waals surface area (Å²) in [4.78, 5) is 27.1. The molecule has 0 spiro atoms. The first-order valence-corrected chi connectivity index (χ1v) is 6.28. The van der Waals surface area contributed by atoms with Crippen molar-refractivity contribution in [3.05, 3.63) is 59.9 Å². The fourth-order valence-corrected chi connectivity index (χ4v) is 2.08. The lowest BCUT2D eigenvalue weighted by Crippen LogP contribution is -2.11. The lowest BCUT2D eigenvalue weighted by Gasteiger charge is -2.04. The van der Waals surface area contributed by atoms with Crippen LogP contribution in [0.15, 0.2) is 48.8 Å². The van der Waals surface area contributed by atoms with Gasteiger partial charge in [0, 0.05) is 29.2 Å². The molecular weight excluding hydrogens is 268 g/mol. The van der Waals surface area contributed by atoms with Gasteiger partial charge in [0.2, 0.25) is 5.91 Å². The number of nitrogens with one attached hydrogen (secondary N) is 2. The van der Waals surface area contributed by atoms with Crippen LogP contribution in [0, 0.1) is 0 Å². The molecule has 0 atom stereocenters. The lowest BCUT2D eigenvalue weighted by atomic mass is 10.1. The normalized spacial score (nSPS) is 14.7. The van der Waals surface area contributed by atoms with E-state index in [1.165, 1.54) is 0 Å². The Morgan fingerprint density at radius 3 is 2.95 bits per heavy atom. The molecule has 21 heavy (non-hydrogen) atoms. The number of rotatable bonds is 3. The van der Waals surface area contributed by atoms with Gasteiger partial charge in [-0.1, -0.05) is 6.07 Å². The maximum absolute atomic E-state index is 11.9. The van der Waals surface area contributed by atoms with Crippen LogP contribution in [0.2, 0.25) is 0 Å². The Balaban J connectivity index is 1.88. The minimum atomic E-state index is -0.501. The zero-order chi connectivity index (χ0) is 14.8. The van der Waals surface area contributed by atoms with E-state index in [4.69, 9.17) is 5.73 Å². The number of hydrogen-bond donors (Lipinski definition) is 3. The Labute approximate surface area is 120 Å². The van der Waals surface area contributed by atoms with Crippen LogP contribution >= 0.6 is 0 Å². The third-order valence-corrected chi connectivity index (χ3v) is 3.10. The highest BCUT2D eigenvalue weighted by molar-refractivity contribution is 6.31. The Kier molecular flexibility index (Phi) is 3.12. The molecule has 3 rings (SSSR count). The van der Waals surface area contributed by atoms with Gasteiger partial charge in [-0.15, -0.1) is 0 Å². The van der Waals surface area contributed by atoms with Gasteiger partial charge in [0.15, 0.2) is 0 Å². The number of carbonyl (C=O) groups is 2. The van der Waals surface area contributed by atoms with Crippen LogP contribution in [0.25, 0.3) is 5.57 Å². The highest BCUT2D eigenvalue weighted by atomic mass is 16.2. The summed E-state index contributed by atoms with van der Waals surface area (Å²) in [6, 6.07) is 10.3. The second-order valence-electron chi connectivity index (χ2n) is 4.50. The maximum Gasteiger partial charge on any atom is 0.259 e. The van der Waals surface area contributed by atoms with E-state index < -0.39 is 5.91 Å². The average molecular weight is 280 g/mol. The summed E-state index contributed by atoms with van der Waals surface area (Å²) in [6.07, 6.45) is 3.20. The topological polar surface area (TPSA) is 97.1 Å². The predicted molar refractivity (Wildman–Crippen MR) is 79.4 cm³/mol. The van der Waals surface area contributed by atoms with Gasteiger partial charge in [-0.2, -0.15) is 0 Å². The quantitative estimate of drug-likeness (QED) is 0.744. The lowest BCUT2D eigenvalue weighted by molar-refractivity contribution is -0.110. The molecule has 0 aliphatic carbocycles. The molecule has 0 radical (unpaired) electrons. The molecule has 0 saturated carbocycles. The molecule has 2 aromatic rings. The van der Waals surface area contributed by atoms with E-state index >= 15 is 0 Å². The van der Waals surface area contributed by atoms with Crippen molar-refractivity contribution in [3.63, 3.8) is 0 Å². The molecule has 104 valence electrons. The van der Waals surface area contributed by atoms with E-state index in [1.807, 2.05) is 6.07 Å². The Morgan fingerprint density at radius 2 is 2.14 bits per heavy atom. The molecule has 2 heterocycles. The zero-order valence-corrected chi connectivity index (χ0v) is 11.0. The van der Waals surface area contributed by atoms with E-state index in [2.05, 4.69) is 15.6 Å². The SMILES string of the molecule is NC(=O)c1cccc(NC=C2C(=O)Nc3ncccc32)c1. The number of amides is 2. The van der Waals surface area contributed by atoms with Crippen molar-refractivity contribution in [1.29, 1.82) is 0 Å². The van der Waals surface area contributed by atoms with Crippen molar-refractivity contribution in [2.24, 2.45) is 5.73 Å². The predicted octanol–water partition coefficient (Wildman–Crippen LogP) is 1.59. The molecule has 6 heteroatoms. The van der Waals surface area contributed by atoms with Crippen molar-refractivity contribution < 1.29 is 9.59 Å². The van der Waals surface area contributed by atoms with Gasteiger partial charge in [0.1, 0.15) is 5.82 Å². The van der Waals surface area contributed by atoms with E-state index in [0.29, 0.717) is 22.6 Å². The number of hydrogen-bond acceptors (Lipinski definition) is 4. The minimum Gasteiger partial charge on any atom is -0.366 e. The Morgan fingerprint density at radius 1 is 1.29 bits per heavy atom. The van der Waals surface area contributed by atoms with Crippen LogP contribution in [0.4, 0.5) is 11.5 Å². The highest BCUT2D eigenvalue weighted by Gasteiger charge is 2.24. The summed E-state index contributed by atoms with van der Waals surface area (Å²) in [5, 5.41) is 5.68. The molecule has 0 bridgehead atoms. The van der Waals surface area contributed by atoms with Crippen LogP contribution in [-0.4, -0.2) is 16.8 Å². The van der Waals surface area contributed by atoms with Crippen LogP contribution in [0.1, 0.15) is 15.9 Å². The van der Waals surface area contributed by atoms with Gasteiger partial charge >= 0.3 is 0 Å². The van der Waals surface area contributed by atoms with Gasteiger partial charge in [0.25, 0.3) is 5.91 Å². The number of nitrogens with zero attached hydrogens (tertiary/aromatic N) is 1. The summed E-state index contributed by atoms with van der Waals surface area (Å²) < 4.78 is 0. The molecule has 1 aromatic heterocycles.